The SMILES string of the molecule is Cn1ccc(C(=O)Oc2ccc(OCC3CC3)cc2)cc1=O. The Kier molecular flexibility index (Phi) is 3.96. The molecular weight excluding hydrogens is 282 g/mol. The minimum absolute atomic E-state index is 0.233. The fourth-order valence-corrected chi connectivity index (χ4v) is 1.94. The van der Waals surface area contributed by atoms with Crippen LogP contribution in [0.25, 0.3) is 0 Å². The van der Waals surface area contributed by atoms with Crippen LogP contribution in [-0.4, -0.2) is 17.1 Å². The molecule has 1 aromatic carbocycles. The fourth-order valence-electron chi connectivity index (χ4n) is 1.94. The Morgan fingerprint density at radius 1 is 1.18 bits per heavy atom. The first-order valence-electron chi connectivity index (χ1n) is 7.23. The summed E-state index contributed by atoms with van der Waals surface area (Å²) < 4.78 is 12.3. The first-order chi connectivity index (χ1) is 10.6. The second-order valence-electron chi connectivity index (χ2n) is 5.48. The minimum atomic E-state index is -0.552. The molecule has 2 aromatic rings. The molecule has 0 bridgehead atoms. The standard InChI is InChI=1S/C17H17NO4/c1-18-9-8-13(10-16(18)19)17(20)22-15-6-4-14(5-7-15)21-11-12-2-3-12/h4-10,12H,2-3,11H2,1H3. The van der Waals surface area contributed by atoms with E-state index >= 15 is 0 Å². The van der Waals surface area contributed by atoms with Gasteiger partial charge in [0, 0.05) is 19.3 Å². The van der Waals surface area contributed by atoms with Crippen molar-refractivity contribution in [3.05, 3.63) is 58.5 Å². The predicted octanol–water partition coefficient (Wildman–Crippen LogP) is 2.39. The van der Waals surface area contributed by atoms with Gasteiger partial charge in [-0.15, -0.1) is 0 Å². The predicted molar refractivity (Wildman–Crippen MR) is 81.3 cm³/mol. The number of rotatable bonds is 5. The molecule has 1 aliphatic rings. The first kappa shape index (κ1) is 14.4. The van der Waals surface area contributed by atoms with Gasteiger partial charge in [0.1, 0.15) is 11.5 Å². The molecule has 0 atom stereocenters. The van der Waals surface area contributed by atoms with Crippen LogP contribution >= 0.6 is 0 Å². The second-order valence-corrected chi connectivity index (χ2v) is 5.48. The monoisotopic (exact) mass is 299 g/mol. The Morgan fingerprint density at radius 3 is 2.50 bits per heavy atom. The number of nitrogens with zero attached hydrogens (tertiary/aromatic N) is 1. The Bertz CT molecular complexity index is 729. The van der Waals surface area contributed by atoms with Crippen LogP contribution in [0.1, 0.15) is 23.2 Å². The van der Waals surface area contributed by atoms with Crippen LogP contribution in [0.2, 0.25) is 0 Å². The maximum Gasteiger partial charge on any atom is 0.343 e. The maximum absolute atomic E-state index is 12.0. The highest BCUT2D eigenvalue weighted by Gasteiger charge is 2.21. The molecule has 22 heavy (non-hydrogen) atoms. The van der Waals surface area contributed by atoms with Gasteiger partial charge in [0.25, 0.3) is 5.56 Å². The van der Waals surface area contributed by atoms with Crippen LogP contribution in [0.15, 0.2) is 47.4 Å². The van der Waals surface area contributed by atoms with Gasteiger partial charge in [0.15, 0.2) is 0 Å². The summed E-state index contributed by atoms with van der Waals surface area (Å²) in [7, 11) is 1.62. The van der Waals surface area contributed by atoms with E-state index < -0.39 is 5.97 Å². The summed E-state index contributed by atoms with van der Waals surface area (Å²) in [5.74, 6) is 1.33. The van der Waals surface area contributed by atoms with Crippen molar-refractivity contribution in [3.63, 3.8) is 0 Å². The Morgan fingerprint density at radius 2 is 1.86 bits per heavy atom. The lowest BCUT2D eigenvalue weighted by Gasteiger charge is -2.07. The van der Waals surface area contributed by atoms with Crippen molar-refractivity contribution in [1.29, 1.82) is 0 Å². The molecule has 0 radical (unpaired) electrons. The van der Waals surface area contributed by atoms with Crippen LogP contribution in [0.5, 0.6) is 11.5 Å². The topological polar surface area (TPSA) is 57.5 Å². The summed E-state index contributed by atoms with van der Waals surface area (Å²) in [6.45, 7) is 0.743. The van der Waals surface area contributed by atoms with Crippen molar-refractivity contribution in [2.24, 2.45) is 13.0 Å². The zero-order valence-corrected chi connectivity index (χ0v) is 12.3. The lowest BCUT2D eigenvalue weighted by Crippen LogP contribution is -2.18. The van der Waals surface area contributed by atoms with Crippen LogP contribution in [-0.2, 0) is 7.05 Å². The Balaban J connectivity index is 1.62. The molecule has 0 spiro atoms. The number of aryl methyl sites for hydroxylation is 1. The van der Waals surface area contributed by atoms with Crippen molar-refractivity contribution in [2.75, 3.05) is 6.61 Å². The molecule has 1 aromatic heterocycles. The molecule has 1 fully saturated rings. The molecule has 1 heterocycles. The highest BCUT2D eigenvalue weighted by atomic mass is 16.5. The van der Waals surface area contributed by atoms with Crippen LogP contribution in [0, 0.1) is 5.92 Å². The molecule has 0 aliphatic heterocycles. The molecule has 5 heteroatoms. The summed E-state index contributed by atoms with van der Waals surface area (Å²) in [4.78, 5) is 23.5. The summed E-state index contributed by atoms with van der Waals surface area (Å²) >= 11 is 0. The van der Waals surface area contributed by atoms with Crippen molar-refractivity contribution in [1.82, 2.24) is 4.57 Å². The largest absolute Gasteiger partial charge is 0.493 e. The fraction of sp³-hybridized carbons (Fsp3) is 0.294. The first-order valence-corrected chi connectivity index (χ1v) is 7.23. The number of hydrogen-bond acceptors (Lipinski definition) is 4. The summed E-state index contributed by atoms with van der Waals surface area (Å²) in [6, 6.07) is 9.72. The zero-order valence-electron chi connectivity index (χ0n) is 12.3. The van der Waals surface area contributed by atoms with Gasteiger partial charge in [-0.2, -0.15) is 0 Å². The molecule has 0 unspecified atom stereocenters. The highest BCUT2D eigenvalue weighted by molar-refractivity contribution is 5.90. The van der Waals surface area contributed by atoms with E-state index in [4.69, 9.17) is 9.47 Å². The lowest BCUT2D eigenvalue weighted by molar-refractivity contribution is 0.0734. The van der Waals surface area contributed by atoms with E-state index in [0.29, 0.717) is 11.7 Å². The number of hydrogen-bond donors (Lipinski definition) is 0. The lowest BCUT2D eigenvalue weighted by atomic mass is 10.2. The van der Waals surface area contributed by atoms with Crippen molar-refractivity contribution >= 4 is 5.97 Å². The molecule has 1 aliphatic carbocycles. The number of carbonyl (C=O) groups excluding carboxylic acids is 1. The Hall–Kier alpha value is -2.56. The number of carbonyl (C=O) groups is 1. The van der Waals surface area contributed by atoms with E-state index in [0.717, 1.165) is 12.4 Å². The van der Waals surface area contributed by atoms with Crippen LogP contribution in [0.3, 0.4) is 0 Å². The number of aromatic nitrogens is 1. The molecule has 0 amide bonds. The smallest absolute Gasteiger partial charge is 0.343 e. The minimum Gasteiger partial charge on any atom is -0.493 e. The quantitative estimate of drug-likeness (QED) is 0.628. The number of pyridine rings is 1. The molecule has 3 rings (SSSR count). The van der Waals surface area contributed by atoms with Gasteiger partial charge < -0.3 is 14.0 Å². The van der Waals surface area contributed by atoms with E-state index in [-0.39, 0.29) is 11.1 Å². The van der Waals surface area contributed by atoms with Gasteiger partial charge in [-0.1, -0.05) is 0 Å². The van der Waals surface area contributed by atoms with Gasteiger partial charge in [-0.3, -0.25) is 4.79 Å². The number of esters is 1. The van der Waals surface area contributed by atoms with E-state index in [9.17, 15) is 9.59 Å². The molecule has 114 valence electrons. The average Bonchev–Trinajstić information content (AvgIpc) is 3.33. The van der Waals surface area contributed by atoms with E-state index in [2.05, 4.69) is 0 Å². The molecule has 1 saturated carbocycles. The van der Waals surface area contributed by atoms with Gasteiger partial charge in [0.05, 0.1) is 12.2 Å². The summed E-state index contributed by atoms with van der Waals surface area (Å²) in [6.07, 6.45) is 4.02. The van der Waals surface area contributed by atoms with E-state index in [1.165, 1.54) is 29.7 Å². The third-order valence-electron chi connectivity index (χ3n) is 3.56. The van der Waals surface area contributed by atoms with Gasteiger partial charge in [0.2, 0.25) is 0 Å². The Labute approximate surface area is 128 Å². The molecule has 0 saturated heterocycles. The summed E-state index contributed by atoms with van der Waals surface area (Å²) in [5, 5.41) is 0. The second kappa shape index (κ2) is 6.05. The molecule has 0 N–H and O–H groups in total. The number of ether oxygens (including phenoxy) is 2. The third-order valence-corrected chi connectivity index (χ3v) is 3.56. The van der Waals surface area contributed by atoms with Crippen molar-refractivity contribution in [2.45, 2.75) is 12.8 Å². The van der Waals surface area contributed by atoms with Crippen molar-refractivity contribution in [3.8, 4) is 11.5 Å². The van der Waals surface area contributed by atoms with E-state index in [1.807, 2.05) is 0 Å². The van der Waals surface area contributed by atoms with E-state index in [1.54, 1.807) is 37.4 Å². The third kappa shape index (κ3) is 3.55. The summed E-state index contributed by atoms with van der Waals surface area (Å²) in [5.41, 5.74) is -0.0181. The highest BCUT2D eigenvalue weighted by Crippen LogP contribution is 2.29. The average molecular weight is 299 g/mol. The van der Waals surface area contributed by atoms with Gasteiger partial charge in [-0.25, -0.2) is 4.79 Å². The van der Waals surface area contributed by atoms with Gasteiger partial charge in [-0.05, 0) is 49.1 Å². The van der Waals surface area contributed by atoms with Gasteiger partial charge >= 0.3 is 5.97 Å². The molecule has 5 nitrogen and oxygen atoms in total. The van der Waals surface area contributed by atoms with Crippen molar-refractivity contribution < 1.29 is 14.3 Å². The molecular formula is C17H17NO4. The van der Waals surface area contributed by atoms with Crippen LogP contribution in [0.4, 0.5) is 0 Å². The van der Waals surface area contributed by atoms with Crippen LogP contribution < -0.4 is 15.0 Å². The number of benzene rings is 1. The normalized spacial score (nSPS) is 13.7. The zero-order chi connectivity index (χ0) is 15.5. The maximum atomic E-state index is 12.0.